The lowest BCUT2D eigenvalue weighted by Gasteiger charge is -1.97. The van der Waals surface area contributed by atoms with E-state index >= 15 is 0 Å². The highest BCUT2D eigenvalue weighted by Crippen LogP contribution is 2.09. The smallest absolute Gasteiger partial charge is 0.159 e. The molecule has 0 fully saturated rings. The van der Waals surface area contributed by atoms with Gasteiger partial charge in [0.15, 0.2) is 5.78 Å². The molecule has 0 saturated carbocycles. The average molecular weight is 204 g/mol. The van der Waals surface area contributed by atoms with Crippen LogP contribution < -0.4 is 0 Å². The van der Waals surface area contributed by atoms with Gasteiger partial charge in [-0.1, -0.05) is 11.8 Å². The molecule has 0 N–H and O–H groups in total. The summed E-state index contributed by atoms with van der Waals surface area (Å²) in [6.07, 6.45) is 0.698. The molecular formula is C12H9FO2. The van der Waals surface area contributed by atoms with E-state index in [1.165, 1.54) is 25.1 Å². The second-order valence-electron chi connectivity index (χ2n) is 2.92. The summed E-state index contributed by atoms with van der Waals surface area (Å²) in [6, 6.07) is 3.99. The zero-order valence-electron chi connectivity index (χ0n) is 8.21. The zero-order valence-corrected chi connectivity index (χ0v) is 8.21. The standard InChI is InChI=1S/C12H9FO2/c1-9(15)10-5-6-12(13)11(8-10)4-2-3-7-14/h5-8H,3H2,1H3. The summed E-state index contributed by atoms with van der Waals surface area (Å²) in [5.74, 6) is 4.36. The van der Waals surface area contributed by atoms with Crippen LogP contribution in [0.15, 0.2) is 18.2 Å². The number of halogens is 1. The van der Waals surface area contributed by atoms with Crippen molar-refractivity contribution in [2.24, 2.45) is 0 Å². The van der Waals surface area contributed by atoms with Crippen molar-refractivity contribution < 1.29 is 14.0 Å². The Hall–Kier alpha value is -1.95. The Bertz CT molecular complexity index is 452. The molecule has 15 heavy (non-hydrogen) atoms. The highest BCUT2D eigenvalue weighted by molar-refractivity contribution is 5.94. The summed E-state index contributed by atoms with van der Waals surface area (Å²) in [7, 11) is 0. The molecule has 0 heterocycles. The molecule has 1 aromatic rings. The van der Waals surface area contributed by atoms with Crippen molar-refractivity contribution in [2.45, 2.75) is 13.3 Å². The number of carbonyl (C=O) groups is 2. The molecule has 0 radical (unpaired) electrons. The summed E-state index contributed by atoms with van der Waals surface area (Å²) >= 11 is 0. The Morgan fingerprint density at radius 2 is 2.27 bits per heavy atom. The first-order chi connectivity index (χ1) is 7.15. The number of hydrogen-bond acceptors (Lipinski definition) is 2. The van der Waals surface area contributed by atoms with E-state index in [0.717, 1.165) is 0 Å². The van der Waals surface area contributed by atoms with Crippen LogP contribution in [0.2, 0.25) is 0 Å². The molecule has 2 nitrogen and oxygen atoms in total. The summed E-state index contributed by atoms with van der Waals surface area (Å²) < 4.78 is 13.2. The van der Waals surface area contributed by atoms with Gasteiger partial charge in [0.2, 0.25) is 0 Å². The van der Waals surface area contributed by atoms with Crippen LogP contribution in [0.25, 0.3) is 0 Å². The van der Waals surface area contributed by atoms with E-state index in [2.05, 4.69) is 11.8 Å². The van der Waals surface area contributed by atoms with Crippen LogP contribution in [0.1, 0.15) is 29.3 Å². The van der Waals surface area contributed by atoms with Gasteiger partial charge in [0.25, 0.3) is 0 Å². The Balaban J connectivity index is 3.07. The topological polar surface area (TPSA) is 34.1 Å². The van der Waals surface area contributed by atoms with E-state index in [1.54, 1.807) is 0 Å². The van der Waals surface area contributed by atoms with Crippen molar-refractivity contribution in [1.29, 1.82) is 0 Å². The minimum atomic E-state index is -0.488. The fraction of sp³-hybridized carbons (Fsp3) is 0.167. The Kier molecular flexibility index (Phi) is 3.75. The maximum absolute atomic E-state index is 13.2. The summed E-state index contributed by atoms with van der Waals surface area (Å²) in [6.45, 7) is 1.40. The molecule has 0 aliphatic rings. The molecule has 0 aliphatic carbocycles. The van der Waals surface area contributed by atoms with Crippen molar-refractivity contribution >= 4 is 12.1 Å². The molecule has 0 aromatic heterocycles. The number of benzene rings is 1. The third-order valence-corrected chi connectivity index (χ3v) is 1.78. The molecule has 0 saturated heterocycles. The van der Waals surface area contributed by atoms with Crippen molar-refractivity contribution in [3.63, 3.8) is 0 Å². The molecule has 1 aromatic carbocycles. The van der Waals surface area contributed by atoms with Crippen LogP contribution in [0.4, 0.5) is 4.39 Å². The first-order valence-corrected chi connectivity index (χ1v) is 4.38. The Labute approximate surface area is 87.1 Å². The van der Waals surface area contributed by atoms with Gasteiger partial charge in [-0.2, -0.15) is 0 Å². The quantitative estimate of drug-likeness (QED) is 0.419. The molecule has 76 valence electrons. The highest BCUT2D eigenvalue weighted by atomic mass is 19.1. The van der Waals surface area contributed by atoms with Gasteiger partial charge in [-0.25, -0.2) is 4.39 Å². The molecular weight excluding hydrogens is 195 g/mol. The predicted octanol–water partition coefficient (Wildman–Crippen LogP) is 1.97. The number of ketones is 1. The molecule has 0 amide bonds. The van der Waals surface area contributed by atoms with E-state index in [9.17, 15) is 14.0 Å². The third-order valence-electron chi connectivity index (χ3n) is 1.78. The van der Waals surface area contributed by atoms with Crippen molar-refractivity contribution in [3.05, 3.63) is 35.1 Å². The Morgan fingerprint density at radius 3 is 2.87 bits per heavy atom. The van der Waals surface area contributed by atoms with E-state index in [1.807, 2.05) is 0 Å². The molecule has 3 heteroatoms. The fourth-order valence-corrected chi connectivity index (χ4v) is 1.03. The minimum absolute atomic E-state index is 0.0593. The van der Waals surface area contributed by atoms with Gasteiger partial charge in [-0.15, -0.1) is 0 Å². The first-order valence-electron chi connectivity index (χ1n) is 4.38. The predicted molar refractivity (Wildman–Crippen MR) is 54.0 cm³/mol. The van der Waals surface area contributed by atoms with Crippen molar-refractivity contribution in [2.75, 3.05) is 0 Å². The van der Waals surface area contributed by atoms with Gasteiger partial charge in [0.1, 0.15) is 12.1 Å². The van der Waals surface area contributed by atoms with E-state index in [4.69, 9.17) is 0 Å². The lowest BCUT2D eigenvalue weighted by Crippen LogP contribution is -1.94. The summed E-state index contributed by atoms with van der Waals surface area (Å²) in [5.41, 5.74) is 0.552. The van der Waals surface area contributed by atoms with Gasteiger partial charge in [-0.05, 0) is 25.1 Å². The molecule has 0 bridgehead atoms. The van der Waals surface area contributed by atoms with Crippen LogP contribution in [0.3, 0.4) is 0 Å². The second-order valence-corrected chi connectivity index (χ2v) is 2.92. The molecule has 0 aliphatic heterocycles. The summed E-state index contributed by atoms with van der Waals surface area (Å²) in [4.78, 5) is 21.0. The number of aldehydes is 1. The van der Waals surface area contributed by atoms with Gasteiger partial charge in [0.05, 0.1) is 12.0 Å². The van der Waals surface area contributed by atoms with E-state index < -0.39 is 5.82 Å². The van der Waals surface area contributed by atoms with Crippen LogP contribution in [-0.2, 0) is 4.79 Å². The molecule has 0 spiro atoms. The summed E-state index contributed by atoms with van der Waals surface area (Å²) in [5, 5.41) is 0. The average Bonchev–Trinajstić information content (AvgIpc) is 2.20. The maximum Gasteiger partial charge on any atom is 0.159 e. The zero-order chi connectivity index (χ0) is 11.3. The lowest BCUT2D eigenvalue weighted by atomic mass is 10.1. The molecule has 0 atom stereocenters. The number of carbonyl (C=O) groups excluding carboxylic acids is 2. The number of rotatable bonds is 2. The van der Waals surface area contributed by atoms with Crippen molar-refractivity contribution in [3.8, 4) is 11.8 Å². The van der Waals surface area contributed by atoms with E-state index in [-0.39, 0.29) is 17.8 Å². The normalized spacial score (nSPS) is 8.93. The fourth-order valence-electron chi connectivity index (χ4n) is 1.03. The SMILES string of the molecule is CC(=O)c1ccc(F)c(C#CCC=O)c1. The highest BCUT2D eigenvalue weighted by Gasteiger charge is 2.03. The van der Waals surface area contributed by atoms with Crippen LogP contribution in [0, 0.1) is 17.7 Å². The van der Waals surface area contributed by atoms with Crippen LogP contribution >= 0.6 is 0 Å². The van der Waals surface area contributed by atoms with Gasteiger partial charge >= 0.3 is 0 Å². The van der Waals surface area contributed by atoms with Gasteiger partial charge < -0.3 is 4.79 Å². The number of Topliss-reactive ketones (excluding diaryl/α,β-unsaturated/α-hetero) is 1. The largest absolute Gasteiger partial charge is 0.302 e. The first kappa shape index (κ1) is 11.1. The second kappa shape index (κ2) is 5.06. The number of hydrogen-bond donors (Lipinski definition) is 0. The molecule has 0 unspecified atom stereocenters. The maximum atomic E-state index is 13.2. The van der Waals surface area contributed by atoms with Crippen LogP contribution in [0.5, 0.6) is 0 Å². The van der Waals surface area contributed by atoms with Crippen molar-refractivity contribution in [1.82, 2.24) is 0 Å². The molecule has 1 rings (SSSR count). The third kappa shape index (κ3) is 3.03. The Morgan fingerprint density at radius 1 is 1.53 bits per heavy atom. The lowest BCUT2D eigenvalue weighted by molar-refractivity contribution is -0.107. The van der Waals surface area contributed by atoms with Gasteiger partial charge in [-0.3, -0.25) is 4.79 Å². The minimum Gasteiger partial charge on any atom is -0.302 e. The van der Waals surface area contributed by atoms with Gasteiger partial charge in [0, 0.05) is 5.56 Å². The van der Waals surface area contributed by atoms with E-state index in [0.29, 0.717) is 11.8 Å². The van der Waals surface area contributed by atoms with Crippen LogP contribution in [-0.4, -0.2) is 12.1 Å². The monoisotopic (exact) mass is 204 g/mol.